The minimum absolute atomic E-state index is 0.534. The minimum atomic E-state index is 0.534. The number of rotatable bonds is 2. The Morgan fingerprint density at radius 2 is 1.67 bits per heavy atom. The smallest absolute Gasteiger partial charge is 0.0331 e. The zero-order valence-corrected chi connectivity index (χ0v) is 12.7. The summed E-state index contributed by atoms with van der Waals surface area (Å²) in [7, 11) is 0. The lowest BCUT2D eigenvalue weighted by Crippen LogP contribution is -2.28. The van der Waals surface area contributed by atoms with Crippen molar-refractivity contribution in [2.24, 2.45) is 0 Å². The van der Waals surface area contributed by atoms with Gasteiger partial charge in [-0.25, -0.2) is 0 Å². The molecule has 2 unspecified atom stereocenters. The van der Waals surface area contributed by atoms with E-state index in [1.807, 2.05) is 0 Å². The molecule has 0 spiro atoms. The van der Waals surface area contributed by atoms with Crippen molar-refractivity contribution < 1.29 is 0 Å². The molecule has 0 radical (unpaired) electrons. The van der Waals surface area contributed by atoms with Crippen LogP contribution in [0.2, 0.25) is 0 Å². The molecule has 0 heterocycles. The fraction of sp³-hybridized carbons (Fsp3) is 0.400. The summed E-state index contributed by atoms with van der Waals surface area (Å²) in [6.45, 7) is 2.20. The molecule has 0 bridgehead atoms. The number of aryl methyl sites for hydroxylation is 3. The van der Waals surface area contributed by atoms with Crippen LogP contribution in [0.3, 0.4) is 0 Å². The number of hydrogen-bond donors (Lipinski definition) is 1. The van der Waals surface area contributed by atoms with Crippen molar-refractivity contribution in [3.05, 3.63) is 70.3 Å². The van der Waals surface area contributed by atoms with E-state index in [1.54, 1.807) is 11.1 Å². The van der Waals surface area contributed by atoms with Crippen LogP contribution in [-0.4, -0.2) is 0 Å². The van der Waals surface area contributed by atoms with Crippen molar-refractivity contribution in [1.29, 1.82) is 0 Å². The highest BCUT2D eigenvalue weighted by atomic mass is 15.0. The SMILES string of the molecule is Cc1ccc2c(c1)C(NC1CCCc3ccccc31)CC2. The van der Waals surface area contributed by atoms with Crippen LogP contribution in [0.1, 0.15) is 59.2 Å². The molecule has 2 aromatic rings. The largest absolute Gasteiger partial charge is 0.303 e. The highest BCUT2D eigenvalue weighted by molar-refractivity contribution is 5.39. The predicted octanol–water partition coefficient (Wildman–Crippen LogP) is 4.65. The Hall–Kier alpha value is -1.60. The summed E-state index contributed by atoms with van der Waals surface area (Å²) in [5.74, 6) is 0. The lowest BCUT2D eigenvalue weighted by atomic mass is 9.87. The van der Waals surface area contributed by atoms with Gasteiger partial charge >= 0.3 is 0 Å². The van der Waals surface area contributed by atoms with Crippen LogP contribution in [0, 0.1) is 6.92 Å². The summed E-state index contributed by atoms with van der Waals surface area (Å²) in [6.07, 6.45) is 6.30. The Bertz CT molecular complexity index is 659. The van der Waals surface area contributed by atoms with Crippen molar-refractivity contribution in [1.82, 2.24) is 5.32 Å². The van der Waals surface area contributed by atoms with Gasteiger partial charge < -0.3 is 5.32 Å². The van der Waals surface area contributed by atoms with Gasteiger partial charge in [0.1, 0.15) is 0 Å². The van der Waals surface area contributed by atoms with Crippen molar-refractivity contribution in [2.75, 3.05) is 0 Å². The highest BCUT2D eigenvalue weighted by Gasteiger charge is 2.27. The van der Waals surface area contributed by atoms with E-state index >= 15 is 0 Å². The Balaban J connectivity index is 1.60. The normalized spacial score (nSPS) is 23.7. The number of benzene rings is 2. The van der Waals surface area contributed by atoms with E-state index in [9.17, 15) is 0 Å². The van der Waals surface area contributed by atoms with Crippen molar-refractivity contribution in [3.8, 4) is 0 Å². The Kier molecular flexibility index (Phi) is 3.31. The van der Waals surface area contributed by atoms with Crippen molar-refractivity contribution in [2.45, 2.75) is 51.1 Å². The molecule has 4 rings (SSSR count). The summed E-state index contributed by atoms with van der Waals surface area (Å²) in [4.78, 5) is 0. The van der Waals surface area contributed by atoms with Crippen LogP contribution in [0.25, 0.3) is 0 Å². The number of fused-ring (bicyclic) bond motifs is 2. The van der Waals surface area contributed by atoms with Gasteiger partial charge in [0.05, 0.1) is 0 Å². The maximum atomic E-state index is 3.96. The van der Waals surface area contributed by atoms with E-state index < -0.39 is 0 Å². The topological polar surface area (TPSA) is 12.0 Å². The van der Waals surface area contributed by atoms with Gasteiger partial charge in [-0.1, -0.05) is 48.0 Å². The highest BCUT2D eigenvalue weighted by Crippen LogP contribution is 2.37. The minimum Gasteiger partial charge on any atom is -0.303 e. The van der Waals surface area contributed by atoms with Gasteiger partial charge in [-0.2, -0.15) is 0 Å². The molecule has 0 aromatic heterocycles. The number of hydrogen-bond acceptors (Lipinski definition) is 1. The Labute approximate surface area is 127 Å². The predicted molar refractivity (Wildman–Crippen MR) is 87.5 cm³/mol. The summed E-state index contributed by atoms with van der Waals surface area (Å²) in [5, 5.41) is 3.96. The summed E-state index contributed by atoms with van der Waals surface area (Å²) in [5.41, 5.74) is 7.54. The maximum absolute atomic E-state index is 3.96. The third-order valence-corrected chi connectivity index (χ3v) is 5.15. The molecule has 21 heavy (non-hydrogen) atoms. The van der Waals surface area contributed by atoms with Gasteiger partial charge in [0.15, 0.2) is 0 Å². The molecule has 1 N–H and O–H groups in total. The standard InChI is InChI=1S/C20H23N/c1-14-9-10-16-11-12-20(18(16)13-14)21-19-8-4-6-15-5-2-3-7-17(15)19/h2-3,5,7,9-10,13,19-21H,4,6,8,11-12H2,1H3. The van der Waals surface area contributed by atoms with Crippen LogP contribution in [0.4, 0.5) is 0 Å². The average Bonchev–Trinajstić information content (AvgIpc) is 2.90. The fourth-order valence-corrected chi connectivity index (χ4v) is 4.06. The van der Waals surface area contributed by atoms with Gasteiger partial charge in [0.25, 0.3) is 0 Å². The molecular formula is C20H23N. The second-order valence-electron chi connectivity index (χ2n) is 6.60. The summed E-state index contributed by atoms with van der Waals surface area (Å²) in [6, 6.07) is 17.0. The second-order valence-corrected chi connectivity index (χ2v) is 6.60. The molecule has 2 aliphatic rings. The van der Waals surface area contributed by atoms with Crippen LogP contribution < -0.4 is 5.32 Å². The van der Waals surface area contributed by atoms with Gasteiger partial charge in [-0.05, 0) is 61.3 Å². The van der Waals surface area contributed by atoms with E-state index in [4.69, 9.17) is 0 Å². The first kappa shape index (κ1) is 13.1. The molecule has 0 amide bonds. The monoisotopic (exact) mass is 277 g/mol. The van der Waals surface area contributed by atoms with E-state index in [0.29, 0.717) is 12.1 Å². The fourth-order valence-electron chi connectivity index (χ4n) is 4.06. The molecule has 0 fully saturated rings. The number of nitrogens with one attached hydrogen (secondary N) is 1. The Morgan fingerprint density at radius 3 is 2.62 bits per heavy atom. The molecule has 1 nitrogen and oxygen atoms in total. The van der Waals surface area contributed by atoms with Crippen LogP contribution in [0.5, 0.6) is 0 Å². The first-order valence-electron chi connectivity index (χ1n) is 8.24. The van der Waals surface area contributed by atoms with Gasteiger partial charge in [0, 0.05) is 12.1 Å². The summed E-state index contributed by atoms with van der Waals surface area (Å²) < 4.78 is 0. The lowest BCUT2D eigenvalue weighted by molar-refractivity contribution is 0.398. The first-order chi connectivity index (χ1) is 10.3. The molecule has 1 heteroatoms. The van der Waals surface area contributed by atoms with Crippen LogP contribution in [0.15, 0.2) is 42.5 Å². The average molecular weight is 277 g/mol. The molecule has 0 saturated heterocycles. The van der Waals surface area contributed by atoms with Crippen molar-refractivity contribution >= 4 is 0 Å². The first-order valence-corrected chi connectivity index (χ1v) is 8.24. The second kappa shape index (κ2) is 5.31. The molecule has 2 atom stereocenters. The zero-order valence-electron chi connectivity index (χ0n) is 12.7. The molecule has 108 valence electrons. The van der Waals surface area contributed by atoms with E-state index in [2.05, 4.69) is 54.7 Å². The van der Waals surface area contributed by atoms with Gasteiger partial charge in [-0.15, -0.1) is 0 Å². The third-order valence-electron chi connectivity index (χ3n) is 5.15. The Morgan fingerprint density at radius 1 is 0.857 bits per heavy atom. The quantitative estimate of drug-likeness (QED) is 0.842. The van der Waals surface area contributed by atoms with Gasteiger partial charge in [0.2, 0.25) is 0 Å². The lowest BCUT2D eigenvalue weighted by Gasteiger charge is -2.29. The van der Waals surface area contributed by atoms with Crippen LogP contribution in [-0.2, 0) is 12.8 Å². The molecule has 2 aromatic carbocycles. The molecule has 2 aliphatic carbocycles. The van der Waals surface area contributed by atoms with E-state index in [-0.39, 0.29) is 0 Å². The maximum Gasteiger partial charge on any atom is 0.0331 e. The van der Waals surface area contributed by atoms with Gasteiger partial charge in [-0.3, -0.25) is 0 Å². The third kappa shape index (κ3) is 2.40. The van der Waals surface area contributed by atoms with Crippen LogP contribution >= 0.6 is 0 Å². The molecular weight excluding hydrogens is 254 g/mol. The zero-order chi connectivity index (χ0) is 14.2. The molecule has 0 saturated carbocycles. The van der Waals surface area contributed by atoms with E-state index in [0.717, 1.165) is 0 Å². The van der Waals surface area contributed by atoms with Crippen molar-refractivity contribution in [3.63, 3.8) is 0 Å². The van der Waals surface area contributed by atoms with E-state index in [1.165, 1.54) is 48.8 Å². The molecule has 0 aliphatic heterocycles. The summed E-state index contributed by atoms with van der Waals surface area (Å²) >= 11 is 0.